The van der Waals surface area contributed by atoms with Crippen LogP contribution in [-0.4, -0.2) is 61.3 Å². The van der Waals surface area contributed by atoms with Gasteiger partial charge in [0.25, 0.3) is 0 Å². The number of benzene rings is 1. The Labute approximate surface area is 165 Å². The van der Waals surface area contributed by atoms with Crippen LogP contribution in [0.2, 0.25) is 0 Å². The van der Waals surface area contributed by atoms with E-state index in [9.17, 15) is 0 Å². The largest absolute Gasteiger partial charge is 0.480 e. The number of nitrogens with zero attached hydrogens (tertiary/aromatic N) is 5. The number of thiazole rings is 1. The van der Waals surface area contributed by atoms with Gasteiger partial charge in [-0.25, -0.2) is 4.98 Å². The van der Waals surface area contributed by atoms with Gasteiger partial charge in [0, 0.05) is 14.1 Å². The molecule has 0 spiro atoms. The maximum Gasteiger partial charge on any atom is 0.235 e. The number of imidazole rings is 1. The lowest BCUT2D eigenvalue weighted by molar-refractivity contribution is 0.367. The summed E-state index contributed by atoms with van der Waals surface area (Å²) in [6.45, 7) is 0.986. The second-order valence-corrected chi connectivity index (χ2v) is 7.91. The van der Waals surface area contributed by atoms with Crippen LogP contribution in [0.4, 0.5) is 5.13 Å². The van der Waals surface area contributed by atoms with Gasteiger partial charge in [0.1, 0.15) is 4.88 Å². The molecule has 2 aromatic heterocycles. The lowest BCUT2D eigenvalue weighted by Crippen LogP contribution is -2.20. The fourth-order valence-electron chi connectivity index (χ4n) is 3.04. The van der Waals surface area contributed by atoms with Crippen molar-refractivity contribution < 1.29 is 4.74 Å². The normalized spacial score (nSPS) is 12.4. The Hall–Kier alpha value is -2.38. The zero-order valence-electron chi connectivity index (χ0n) is 16.6. The minimum Gasteiger partial charge on any atom is -0.480 e. The average Bonchev–Trinajstić information content (AvgIpc) is 3.29. The van der Waals surface area contributed by atoms with Crippen molar-refractivity contribution in [2.45, 2.75) is 12.5 Å². The van der Waals surface area contributed by atoms with Gasteiger partial charge in [0.05, 0.1) is 31.4 Å². The van der Waals surface area contributed by atoms with E-state index in [1.54, 1.807) is 18.4 Å². The molecule has 0 N–H and O–H groups in total. The number of hydrogen-bond donors (Lipinski definition) is 0. The number of rotatable bonds is 8. The van der Waals surface area contributed by atoms with Crippen LogP contribution in [-0.2, 0) is 0 Å². The van der Waals surface area contributed by atoms with Crippen LogP contribution < -0.4 is 9.64 Å². The number of methoxy groups -OCH3 is 1. The Kier molecular flexibility index (Phi) is 6.13. The Morgan fingerprint density at radius 3 is 2.52 bits per heavy atom. The number of aromatic nitrogens is 3. The van der Waals surface area contributed by atoms with Gasteiger partial charge in [-0.1, -0.05) is 41.7 Å². The first-order valence-corrected chi connectivity index (χ1v) is 9.77. The first-order valence-electron chi connectivity index (χ1n) is 8.95. The highest BCUT2D eigenvalue weighted by atomic mass is 32.1. The molecule has 0 bridgehead atoms. The predicted molar refractivity (Wildman–Crippen MR) is 112 cm³/mol. The highest BCUT2D eigenvalue weighted by Gasteiger charge is 2.23. The summed E-state index contributed by atoms with van der Waals surface area (Å²) in [7, 11) is 9.85. The van der Waals surface area contributed by atoms with E-state index in [1.807, 2.05) is 31.5 Å². The van der Waals surface area contributed by atoms with E-state index in [0.717, 1.165) is 28.7 Å². The minimum atomic E-state index is 0.195. The average molecular weight is 386 g/mol. The quantitative estimate of drug-likeness (QED) is 0.593. The van der Waals surface area contributed by atoms with Crippen molar-refractivity contribution in [1.29, 1.82) is 0 Å². The van der Waals surface area contributed by atoms with Gasteiger partial charge in [0.15, 0.2) is 5.13 Å². The molecule has 1 atom stereocenters. The molecule has 0 aliphatic heterocycles. The molecular formula is C20H27N5OS. The second-order valence-electron chi connectivity index (χ2n) is 6.93. The van der Waals surface area contributed by atoms with Crippen molar-refractivity contribution >= 4 is 16.5 Å². The maximum atomic E-state index is 5.56. The molecule has 0 saturated carbocycles. The summed E-state index contributed by atoms with van der Waals surface area (Å²) < 4.78 is 7.81. The molecule has 7 heteroatoms. The standard InChI is InChI=1S/C20H27N5OS/c1-23(2)12-11-16(15-9-7-6-8-10-15)25-14-21-13-17(25)18-19(26-5)22-20(27-18)24(3)4/h6-10,13-14,16H,11-12H2,1-5H3. The number of anilines is 1. The summed E-state index contributed by atoms with van der Waals surface area (Å²) in [5, 5.41) is 0.916. The van der Waals surface area contributed by atoms with E-state index >= 15 is 0 Å². The van der Waals surface area contributed by atoms with Crippen LogP contribution >= 0.6 is 11.3 Å². The van der Waals surface area contributed by atoms with Gasteiger partial charge in [0.2, 0.25) is 5.88 Å². The topological polar surface area (TPSA) is 46.4 Å². The van der Waals surface area contributed by atoms with Crippen LogP contribution in [0.3, 0.4) is 0 Å². The molecule has 0 aliphatic carbocycles. The third kappa shape index (κ3) is 4.31. The third-order valence-corrected chi connectivity index (χ3v) is 5.66. The van der Waals surface area contributed by atoms with E-state index in [2.05, 4.69) is 63.9 Å². The monoisotopic (exact) mass is 385 g/mol. The lowest BCUT2D eigenvalue weighted by atomic mass is 10.0. The summed E-state index contributed by atoms with van der Waals surface area (Å²) in [6, 6.07) is 10.8. The van der Waals surface area contributed by atoms with Crippen LogP contribution in [0, 0.1) is 0 Å². The fraction of sp³-hybridized carbons (Fsp3) is 0.400. The van der Waals surface area contributed by atoms with Crippen molar-refractivity contribution in [3.05, 3.63) is 48.4 Å². The molecule has 1 unspecified atom stereocenters. The molecule has 6 nitrogen and oxygen atoms in total. The highest BCUT2D eigenvalue weighted by Crippen LogP contribution is 2.40. The van der Waals surface area contributed by atoms with E-state index in [-0.39, 0.29) is 6.04 Å². The summed E-state index contributed by atoms with van der Waals surface area (Å²) >= 11 is 1.62. The van der Waals surface area contributed by atoms with E-state index in [0.29, 0.717) is 5.88 Å². The van der Waals surface area contributed by atoms with Gasteiger partial charge in [-0.2, -0.15) is 4.98 Å². The van der Waals surface area contributed by atoms with Gasteiger partial charge in [-0.15, -0.1) is 0 Å². The number of ether oxygens (including phenoxy) is 1. The molecule has 0 amide bonds. The second kappa shape index (κ2) is 8.54. The van der Waals surface area contributed by atoms with Crippen LogP contribution in [0.5, 0.6) is 5.88 Å². The van der Waals surface area contributed by atoms with Crippen LogP contribution in [0.1, 0.15) is 18.0 Å². The molecule has 3 rings (SSSR count). The smallest absolute Gasteiger partial charge is 0.235 e. The SMILES string of the molecule is COc1nc(N(C)C)sc1-c1cncn1C(CCN(C)C)c1ccccc1. The van der Waals surface area contributed by atoms with E-state index in [4.69, 9.17) is 4.74 Å². The highest BCUT2D eigenvalue weighted by molar-refractivity contribution is 7.19. The first-order chi connectivity index (χ1) is 13.0. The number of hydrogen-bond acceptors (Lipinski definition) is 6. The predicted octanol–water partition coefficient (Wildman–Crippen LogP) is 3.62. The van der Waals surface area contributed by atoms with Crippen molar-refractivity contribution in [1.82, 2.24) is 19.4 Å². The summed E-state index contributed by atoms with van der Waals surface area (Å²) in [5.74, 6) is 0.643. The van der Waals surface area contributed by atoms with Crippen molar-refractivity contribution in [3.63, 3.8) is 0 Å². The molecular weight excluding hydrogens is 358 g/mol. The molecule has 0 saturated heterocycles. The van der Waals surface area contributed by atoms with Crippen molar-refractivity contribution in [3.8, 4) is 16.5 Å². The van der Waals surface area contributed by atoms with Crippen LogP contribution in [0.25, 0.3) is 10.6 Å². The van der Waals surface area contributed by atoms with E-state index < -0.39 is 0 Å². The molecule has 1 aromatic carbocycles. The molecule has 2 heterocycles. The van der Waals surface area contributed by atoms with Gasteiger partial charge in [-0.3, -0.25) is 0 Å². The Morgan fingerprint density at radius 2 is 1.89 bits per heavy atom. The van der Waals surface area contributed by atoms with Gasteiger partial charge in [-0.05, 0) is 32.6 Å². The zero-order valence-corrected chi connectivity index (χ0v) is 17.4. The summed E-state index contributed by atoms with van der Waals surface area (Å²) in [6.07, 6.45) is 4.81. The fourth-order valence-corrected chi connectivity index (χ4v) is 4.01. The molecule has 0 aliphatic rings. The Bertz CT molecular complexity index is 856. The maximum absolute atomic E-state index is 5.56. The first kappa shape index (κ1) is 19.4. The van der Waals surface area contributed by atoms with Gasteiger partial charge < -0.3 is 19.1 Å². The van der Waals surface area contributed by atoms with E-state index in [1.165, 1.54) is 5.56 Å². The van der Waals surface area contributed by atoms with Crippen molar-refractivity contribution in [2.75, 3.05) is 46.7 Å². The summed E-state index contributed by atoms with van der Waals surface area (Å²) in [4.78, 5) is 14.3. The third-order valence-electron chi connectivity index (χ3n) is 4.43. The minimum absolute atomic E-state index is 0.195. The van der Waals surface area contributed by atoms with Crippen molar-refractivity contribution in [2.24, 2.45) is 0 Å². The molecule has 3 aromatic rings. The zero-order chi connectivity index (χ0) is 19.4. The Morgan fingerprint density at radius 1 is 1.15 bits per heavy atom. The molecule has 0 radical (unpaired) electrons. The molecule has 144 valence electrons. The molecule has 27 heavy (non-hydrogen) atoms. The van der Waals surface area contributed by atoms with Crippen LogP contribution in [0.15, 0.2) is 42.9 Å². The lowest BCUT2D eigenvalue weighted by Gasteiger charge is -2.23. The van der Waals surface area contributed by atoms with Gasteiger partial charge >= 0.3 is 0 Å². The summed E-state index contributed by atoms with van der Waals surface area (Å²) in [5.41, 5.74) is 2.31. The molecule has 0 fully saturated rings. The Balaban J connectivity index is 2.05.